The number of hydrogen-bond donors (Lipinski definition) is 2. The first-order valence-electron chi connectivity index (χ1n) is 6.17. The molecule has 19 heavy (non-hydrogen) atoms. The maximum absolute atomic E-state index is 10.5. The van der Waals surface area contributed by atoms with Crippen LogP contribution in [0.4, 0.5) is 5.13 Å². The van der Waals surface area contributed by atoms with Gasteiger partial charge in [-0.1, -0.05) is 50.8 Å². The van der Waals surface area contributed by atoms with Gasteiger partial charge in [0.2, 0.25) is 5.13 Å². The molecule has 5 nitrogen and oxygen atoms in total. The van der Waals surface area contributed by atoms with Gasteiger partial charge in [-0.15, -0.1) is 10.2 Å². The van der Waals surface area contributed by atoms with E-state index in [9.17, 15) is 4.79 Å². The Hall–Kier alpha value is -0.820. The molecule has 2 rings (SSSR count). The smallest absolute Gasteiger partial charge is 0.313 e. The topological polar surface area (TPSA) is 75.1 Å². The van der Waals surface area contributed by atoms with E-state index in [1.807, 2.05) is 0 Å². The van der Waals surface area contributed by atoms with E-state index in [2.05, 4.69) is 43.2 Å². The number of aliphatic carboxylic acids is 1. The van der Waals surface area contributed by atoms with Crippen LogP contribution < -0.4 is 5.32 Å². The second-order valence-electron chi connectivity index (χ2n) is 5.93. The third kappa shape index (κ3) is 2.86. The fourth-order valence-corrected chi connectivity index (χ4v) is 3.97. The summed E-state index contributed by atoms with van der Waals surface area (Å²) in [6.45, 7) is 10.0. The van der Waals surface area contributed by atoms with Gasteiger partial charge in [-0.05, 0) is 16.7 Å². The summed E-state index contributed by atoms with van der Waals surface area (Å²) in [5, 5.41) is 20.7. The van der Waals surface area contributed by atoms with E-state index in [-0.39, 0.29) is 5.75 Å². The van der Waals surface area contributed by atoms with Crippen molar-refractivity contribution in [3.8, 4) is 0 Å². The summed E-state index contributed by atoms with van der Waals surface area (Å²) in [4.78, 5) is 10.5. The highest BCUT2D eigenvalue weighted by Crippen LogP contribution is 2.68. The molecule has 0 amide bonds. The number of hydrogen-bond acceptors (Lipinski definition) is 6. The van der Waals surface area contributed by atoms with Crippen molar-refractivity contribution in [1.82, 2.24) is 10.2 Å². The van der Waals surface area contributed by atoms with Gasteiger partial charge in [0.05, 0.1) is 5.75 Å². The van der Waals surface area contributed by atoms with Gasteiger partial charge in [-0.25, -0.2) is 0 Å². The molecule has 0 radical (unpaired) electrons. The van der Waals surface area contributed by atoms with Crippen molar-refractivity contribution in [3.05, 3.63) is 0 Å². The fourth-order valence-electron chi connectivity index (χ4n) is 2.50. The zero-order valence-corrected chi connectivity index (χ0v) is 13.2. The van der Waals surface area contributed by atoms with Crippen LogP contribution in [0.2, 0.25) is 0 Å². The van der Waals surface area contributed by atoms with Crippen molar-refractivity contribution in [1.29, 1.82) is 0 Å². The van der Waals surface area contributed by atoms with E-state index < -0.39 is 5.97 Å². The van der Waals surface area contributed by atoms with Crippen LogP contribution in [0.15, 0.2) is 4.34 Å². The number of anilines is 1. The molecule has 0 atom stereocenters. The first-order valence-corrected chi connectivity index (χ1v) is 7.97. The molecule has 0 bridgehead atoms. The highest BCUT2D eigenvalue weighted by atomic mass is 32.2. The van der Waals surface area contributed by atoms with Crippen LogP contribution in [0.3, 0.4) is 0 Å². The lowest BCUT2D eigenvalue weighted by Gasteiger charge is -2.04. The number of rotatable bonds is 6. The molecule has 0 aromatic carbocycles. The predicted molar refractivity (Wildman–Crippen MR) is 77.8 cm³/mol. The van der Waals surface area contributed by atoms with Gasteiger partial charge < -0.3 is 10.4 Å². The Balaban J connectivity index is 1.83. The molecule has 2 N–H and O–H groups in total. The lowest BCUT2D eigenvalue weighted by atomic mass is 10.0. The Kier molecular flexibility index (Phi) is 3.79. The van der Waals surface area contributed by atoms with Crippen molar-refractivity contribution in [2.24, 2.45) is 16.7 Å². The molecule has 1 fully saturated rings. The first-order chi connectivity index (χ1) is 8.75. The van der Waals surface area contributed by atoms with Crippen LogP contribution >= 0.6 is 23.1 Å². The van der Waals surface area contributed by atoms with Gasteiger partial charge in [0.1, 0.15) is 0 Å². The number of nitrogens with one attached hydrogen (secondary N) is 1. The quantitative estimate of drug-likeness (QED) is 0.787. The van der Waals surface area contributed by atoms with Crippen molar-refractivity contribution in [2.45, 2.75) is 32.0 Å². The Morgan fingerprint density at radius 2 is 2.00 bits per heavy atom. The molecule has 106 valence electrons. The van der Waals surface area contributed by atoms with Gasteiger partial charge in [0.25, 0.3) is 0 Å². The van der Waals surface area contributed by atoms with Gasteiger partial charge in [-0.2, -0.15) is 0 Å². The Morgan fingerprint density at radius 3 is 2.53 bits per heavy atom. The fraction of sp³-hybridized carbons (Fsp3) is 0.750. The van der Waals surface area contributed by atoms with Gasteiger partial charge in [-0.3, -0.25) is 4.79 Å². The molecule has 0 unspecified atom stereocenters. The van der Waals surface area contributed by atoms with Crippen molar-refractivity contribution < 1.29 is 9.90 Å². The number of aromatic nitrogens is 2. The summed E-state index contributed by atoms with van der Waals surface area (Å²) in [5.41, 5.74) is 0.706. The van der Waals surface area contributed by atoms with Crippen LogP contribution in [0, 0.1) is 16.7 Å². The molecular weight excluding hydrogens is 282 g/mol. The highest BCUT2D eigenvalue weighted by molar-refractivity contribution is 8.01. The van der Waals surface area contributed by atoms with E-state index in [0.717, 1.165) is 11.7 Å². The molecular formula is C12H19N3O2S2. The monoisotopic (exact) mass is 301 g/mol. The van der Waals surface area contributed by atoms with Crippen LogP contribution in [-0.4, -0.2) is 33.6 Å². The number of nitrogens with zero attached hydrogens (tertiary/aromatic N) is 2. The maximum atomic E-state index is 10.5. The lowest BCUT2D eigenvalue weighted by Crippen LogP contribution is -2.07. The van der Waals surface area contributed by atoms with E-state index in [1.165, 1.54) is 23.1 Å². The number of carbonyl (C=O) groups is 1. The minimum atomic E-state index is -0.837. The molecule has 0 saturated heterocycles. The Bertz CT molecular complexity index is 471. The van der Waals surface area contributed by atoms with E-state index in [4.69, 9.17) is 5.11 Å². The average molecular weight is 301 g/mol. The third-order valence-electron chi connectivity index (χ3n) is 4.50. The molecule has 0 aliphatic heterocycles. The van der Waals surface area contributed by atoms with Gasteiger partial charge in [0.15, 0.2) is 4.34 Å². The van der Waals surface area contributed by atoms with Crippen LogP contribution in [0.1, 0.15) is 27.7 Å². The molecule has 1 aromatic rings. The number of thioether (sulfide) groups is 1. The summed E-state index contributed by atoms with van der Waals surface area (Å²) in [6, 6.07) is 0. The zero-order valence-electron chi connectivity index (χ0n) is 11.6. The normalized spacial score (nSPS) is 20.2. The molecule has 1 aliphatic carbocycles. The van der Waals surface area contributed by atoms with Crippen LogP contribution in [0.5, 0.6) is 0 Å². The maximum Gasteiger partial charge on any atom is 0.313 e. The Morgan fingerprint density at radius 1 is 1.37 bits per heavy atom. The summed E-state index contributed by atoms with van der Waals surface area (Å²) in [5.74, 6) is -0.188. The average Bonchev–Trinajstić information content (AvgIpc) is 2.69. The molecule has 7 heteroatoms. The summed E-state index contributed by atoms with van der Waals surface area (Å²) >= 11 is 2.62. The van der Waals surface area contributed by atoms with E-state index in [0.29, 0.717) is 21.1 Å². The van der Waals surface area contributed by atoms with Crippen LogP contribution in [0.25, 0.3) is 0 Å². The van der Waals surface area contributed by atoms with Gasteiger partial charge in [0, 0.05) is 6.54 Å². The summed E-state index contributed by atoms with van der Waals surface area (Å²) in [7, 11) is 0. The minimum absolute atomic E-state index is 0.0251. The zero-order chi connectivity index (χ0) is 14.3. The standard InChI is InChI=1S/C12H19N3O2S2/c1-11(2)7(12(11,3)4)5-13-9-14-15-10(19-9)18-6-8(16)17/h7H,5-6H2,1-4H3,(H,13,14)(H,16,17). The second-order valence-corrected chi connectivity index (χ2v) is 8.13. The molecule has 0 spiro atoms. The molecule has 1 aromatic heterocycles. The molecule has 1 heterocycles. The number of carboxylic acids is 1. The Labute approximate surface area is 121 Å². The first kappa shape index (κ1) is 14.6. The SMILES string of the molecule is CC1(C)C(CNc2nnc(SCC(=O)O)s2)C1(C)C. The third-order valence-corrected chi connectivity index (χ3v) is 6.50. The van der Waals surface area contributed by atoms with Gasteiger partial charge >= 0.3 is 5.97 Å². The van der Waals surface area contributed by atoms with E-state index in [1.54, 1.807) is 0 Å². The second kappa shape index (κ2) is 4.94. The minimum Gasteiger partial charge on any atom is -0.481 e. The molecule has 1 aliphatic rings. The van der Waals surface area contributed by atoms with E-state index >= 15 is 0 Å². The summed E-state index contributed by atoms with van der Waals surface area (Å²) in [6.07, 6.45) is 0. The molecule has 1 saturated carbocycles. The summed E-state index contributed by atoms with van der Waals surface area (Å²) < 4.78 is 0.694. The largest absolute Gasteiger partial charge is 0.481 e. The predicted octanol–water partition coefficient (Wildman–Crippen LogP) is 2.81. The van der Waals surface area contributed by atoms with Crippen molar-refractivity contribution >= 4 is 34.2 Å². The lowest BCUT2D eigenvalue weighted by molar-refractivity contribution is -0.133. The number of carboxylic acid groups (broad SMARTS) is 1. The van der Waals surface area contributed by atoms with Crippen LogP contribution in [-0.2, 0) is 4.79 Å². The highest BCUT2D eigenvalue weighted by Gasteiger charge is 2.64. The van der Waals surface area contributed by atoms with Crippen molar-refractivity contribution in [2.75, 3.05) is 17.6 Å². The van der Waals surface area contributed by atoms with Crippen molar-refractivity contribution in [3.63, 3.8) is 0 Å².